The van der Waals surface area contributed by atoms with Gasteiger partial charge in [-0.1, -0.05) is 17.7 Å². The van der Waals surface area contributed by atoms with Crippen molar-refractivity contribution in [2.24, 2.45) is 0 Å². The lowest BCUT2D eigenvalue weighted by molar-refractivity contribution is -0.119. The maximum absolute atomic E-state index is 12.6. The molecule has 2 heteroatoms. The summed E-state index contributed by atoms with van der Waals surface area (Å²) in [4.78, 5) is 12.6. The Bertz CT molecular complexity index is 649. The van der Waals surface area contributed by atoms with E-state index in [0.29, 0.717) is 6.61 Å². The smallest absolute Gasteiger partial charge is 0.174 e. The van der Waals surface area contributed by atoms with Crippen molar-refractivity contribution in [2.45, 2.75) is 33.1 Å². The van der Waals surface area contributed by atoms with Crippen LogP contribution in [0.5, 0.6) is 5.75 Å². The van der Waals surface area contributed by atoms with Crippen molar-refractivity contribution in [3.05, 3.63) is 52.1 Å². The summed E-state index contributed by atoms with van der Waals surface area (Å²) in [6.07, 6.45) is 3.84. The number of ether oxygens (including phenoxy) is 1. The Morgan fingerprint density at radius 2 is 1.84 bits per heavy atom. The molecule has 19 heavy (non-hydrogen) atoms. The first-order valence-corrected chi connectivity index (χ1v) is 6.61. The molecule has 0 saturated carbocycles. The molecule has 0 aromatic heterocycles. The van der Waals surface area contributed by atoms with Crippen molar-refractivity contribution in [3.8, 4) is 5.75 Å². The van der Waals surface area contributed by atoms with Gasteiger partial charge in [0.1, 0.15) is 17.8 Å². The van der Waals surface area contributed by atoms with Crippen molar-refractivity contribution in [3.63, 3.8) is 0 Å². The average molecular weight is 254 g/mol. The van der Waals surface area contributed by atoms with Gasteiger partial charge < -0.3 is 4.74 Å². The van der Waals surface area contributed by atoms with E-state index >= 15 is 0 Å². The number of fused-ring (bicyclic) bond motifs is 2. The second kappa shape index (κ2) is 3.83. The lowest BCUT2D eigenvalue weighted by Gasteiger charge is -2.30. The molecule has 1 heterocycles. The van der Waals surface area contributed by atoms with Crippen LogP contribution in [0.1, 0.15) is 30.5 Å². The quantitative estimate of drug-likeness (QED) is 0.709. The Hall–Kier alpha value is -1.83. The predicted molar refractivity (Wildman–Crippen MR) is 75.6 cm³/mol. The molecule has 1 aliphatic carbocycles. The Morgan fingerprint density at radius 1 is 1.11 bits per heavy atom. The van der Waals surface area contributed by atoms with Gasteiger partial charge in [0, 0.05) is 5.56 Å². The maximum atomic E-state index is 12.6. The first-order chi connectivity index (χ1) is 8.95. The van der Waals surface area contributed by atoms with E-state index in [1.54, 1.807) is 6.08 Å². The molecule has 1 aromatic carbocycles. The van der Waals surface area contributed by atoms with Crippen molar-refractivity contribution in [1.29, 1.82) is 0 Å². The molecule has 1 aromatic rings. The first-order valence-electron chi connectivity index (χ1n) is 6.61. The zero-order valence-corrected chi connectivity index (χ0v) is 11.8. The molecule has 0 saturated heterocycles. The molecule has 0 unspecified atom stereocenters. The number of carbonyl (C=O) groups is 1. The number of hydrogen-bond donors (Lipinski definition) is 0. The van der Waals surface area contributed by atoms with Gasteiger partial charge in [0.25, 0.3) is 0 Å². The number of rotatable bonds is 0. The Morgan fingerprint density at radius 3 is 2.53 bits per heavy atom. The van der Waals surface area contributed by atoms with Crippen LogP contribution in [-0.4, -0.2) is 12.4 Å². The van der Waals surface area contributed by atoms with Gasteiger partial charge in [-0.2, -0.15) is 0 Å². The minimum atomic E-state index is -0.591. The molecule has 1 spiro atoms. The van der Waals surface area contributed by atoms with E-state index in [0.717, 1.165) is 28.0 Å². The average Bonchev–Trinajstić information content (AvgIpc) is 2.67. The van der Waals surface area contributed by atoms with E-state index in [9.17, 15) is 4.79 Å². The van der Waals surface area contributed by atoms with Crippen LogP contribution in [0, 0.1) is 13.8 Å². The van der Waals surface area contributed by atoms with Gasteiger partial charge >= 0.3 is 0 Å². The minimum Gasteiger partial charge on any atom is -0.491 e. The third-order valence-corrected chi connectivity index (χ3v) is 4.21. The Kier molecular flexibility index (Phi) is 2.46. The molecule has 0 N–H and O–H groups in total. The van der Waals surface area contributed by atoms with Crippen molar-refractivity contribution in [2.75, 3.05) is 6.61 Å². The van der Waals surface area contributed by atoms with E-state index in [1.807, 2.05) is 19.9 Å². The predicted octanol–water partition coefficient (Wildman–Crippen LogP) is 3.41. The number of aryl methyl sites for hydroxylation is 2. The lowest BCUT2D eigenvalue weighted by Crippen LogP contribution is -2.40. The van der Waals surface area contributed by atoms with Crippen LogP contribution in [0.4, 0.5) is 0 Å². The number of allylic oxidation sites excluding steroid dienone is 3. The van der Waals surface area contributed by atoms with E-state index in [-0.39, 0.29) is 5.78 Å². The highest BCUT2D eigenvalue weighted by molar-refractivity contribution is 6.05. The fourth-order valence-corrected chi connectivity index (χ4v) is 3.38. The Balaban J connectivity index is 2.28. The van der Waals surface area contributed by atoms with E-state index < -0.39 is 5.41 Å². The number of benzene rings is 1. The zero-order chi connectivity index (χ0) is 13.8. The molecule has 2 aliphatic rings. The topological polar surface area (TPSA) is 26.3 Å². The molecule has 3 rings (SSSR count). The van der Waals surface area contributed by atoms with Gasteiger partial charge in [0.2, 0.25) is 0 Å². The second-order valence-electron chi connectivity index (χ2n) is 5.73. The highest BCUT2D eigenvalue weighted by Crippen LogP contribution is 2.48. The normalized spacial score (nSPS) is 24.9. The molecule has 1 aliphatic heterocycles. The standard InChI is InChI=1S/C17H18O2/c1-10-5-12(3)16-14(7-10)19-9-17(16)13(4)6-11(2)8-15(17)18/h5-8H,9H2,1-4H3/t17-/m0/s1. The number of hydrogen-bond acceptors (Lipinski definition) is 2. The molecule has 0 bridgehead atoms. The fraction of sp³-hybridized carbons (Fsp3) is 0.353. The van der Waals surface area contributed by atoms with Crippen molar-refractivity contribution < 1.29 is 9.53 Å². The minimum absolute atomic E-state index is 0.149. The van der Waals surface area contributed by atoms with Gasteiger partial charge in [-0.25, -0.2) is 0 Å². The SMILES string of the molecule is CC1=CC(=O)[C@]2(COc3cc(C)cc(C)c32)C(C)=C1. The van der Waals surface area contributed by atoms with Crippen LogP contribution >= 0.6 is 0 Å². The highest BCUT2D eigenvalue weighted by atomic mass is 16.5. The molecular formula is C17H18O2. The van der Waals surface area contributed by atoms with Gasteiger partial charge in [-0.3, -0.25) is 4.79 Å². The van der Waals surface area contributed by atoms with Crippen LogP contribution in [0.2, 0.25) is 0 Å². The third kappa shape index (κ3) is 1.52. The first kappa shape index (κ1) is 12.2. The molecule has 0 amide bonds. The van der Waals surface area contributed by atoms with Crippen molar-refractivity contribution in [1.82, 2.24) is 0 Å². The third-order valence-electron chi connectivity index (χ3n) is 4.21. The van der Waals surface area contributed by atoms with E-state index in [4.69, 9.17) is 4.74 Å². The summed E-state index contributed by atoms with van der Waals surface area (Å²) in [6.45, 7) is 8.54. The van der Waals surface area contributed by atoms with Crippen LogP contribution < -0.4 is 4.74 Å². The van der Waals surface area contributed by atoms with Gasteiger partial charge in [0.15, 0.2) is 5.78 Å². The second-order valence-corrected chi connectivity index (χ2v) is 5.73. The van der Waals surface area contributed by atoms with Gasteiger partial charge in [-0.05, 0) is 56.5 Å². The molecule has 0 fully saturated rings. The summed E-state index contributed by atoms with van der Waals surface area (Å²) < 4.78 is 5.84. The lowest BCUT2D eigenvalue weighted by atomic mass is 9.68. The van der Waals surface area contributed by atoms with Crippen LogP contribution in [-0.2, 0) is 10.2 Å². The summed E-state index contributed by atoms with van der Waals surface area (Å²) in [5.41, 5.74) is 4.88. The Labute approximate surface area is 113 Å². The maximum Gasteiger partial charge on any atom is 0.174 e. The molecule has 2 nitrogen and oxygen atoms in total. The van der Waals surface area contributed by atoms with Crippen LogP contribution in [0.15, 0.2) is 35.4 Å². The summed E-state index contributed by atoms with van der Waals surface area (Å²) in [5, 5.41) is 0. The molecule has 0 radical (unpaired) electrons. The summed E-state index contributed by atoms with van der Waals surface area (Å²) in [7, 11) is 0. The molecular weight excluding hydrogens is 236 g/mol. The fourth-order valence-electron chi connectivity index (χ4n) is 3.38. The van der Waals surface area contributed by atoms with Crippen molar-refractivity contribution >= 4 is 5.78 Å². The van der Waals surface area contributed by atoms with E-state index in [1.165, 1.54) is 5.56 Å². The van der Waals surface area contributed by atoms with Crippen LogP contribution in [0.25, 0.3) is 0 Å². The summed E-state index contributed by atoms with van der Waals surface area (Å²) >= 11 is 0. The van der Waals surface area contributed by atoms with Crippen LogP contribution in [0.3, 0.4) is 0 Å². The number of ketones is 1. The summed E-state index contributed by atoms with van der Waals surface area (Å²) in [5.74, 6) is 1.02. The molecule has 1 atom stereocenters. The summed E-state index contributed by atoms with van der Waals surface area (Å²) in [6, 6.07) is 4.16. The largest absolute Gasteiger partial charge is 0.491 e. The monoisotopic (exact) mass is 254 g/mol. The number of carbonyl (C=O) groups excluding carboxylic acids is 1. The van der Waals surface area contributed by atoms with Gasteiger partial charge in [-0.15, -0.1) is 0 Å². The van der Waals surface area contributed by atoms with E-state index in [2.05, 4.69) is 26.0 Å². The highest BCUT2D eigenvalue weighted by Gasteiger charge is 2.49. The zero-order valence-electron chi connectivity index (χ0n) is 11.8. The van der Waals surface area contributed by atoms with Gasteiger partial charge in [0.05, 0.1) is 0 Å². The molecule has 98 valence electrons.